The SMILES string of the molecule is Cc1cc(CNC2CC2)ccc1Oc1ccc(Cl)c(F)c1. The molecule has 1 saturated carbocycles. The Morgan fingerprint density at radius 2 is 2.05 bits per heavy atom. The van der Waals surface area contributed by atoms with Gasteiger partial charge in [0.2, 0.25) is 0 Å². The molecule has 1 fully saturated rings. The van der Waals surface area contributed by atoms with Crippen molar-refractivity contribution in [2.75, 3.05) is 0 Å². The molecule has 0 atom stereocenters. The zero-order chi connectivity index (χ0) is 14.8. The summed E-state index contributed by atoms with van der Waals surface area (Å²) in [6.07, 6.45) is 2.56. The highest BCUT2D eigenvalue weighted by atomic mass is 35.5. The summed E-state index contributed by atoms with van der Waals surface area (Å²) < 4.78 is 19.1. The number of halogens is 2. The standard InChI is InChI=1S/C17H17ClFNO/c1-11-8-12(10-20-13-3-4-13)2-7-17(11)21-14-5-6-15(18)16(19)9-14/h2,5-9,13,20H,3-4,10H2,1H3. The summed E-state index contributed by atoms with van der Waals surface area (Å²) in [7, 11) is 0. The second-order valence-corrected chi connectivity index (χ2v) is 5.84. The molecule has 0 radical (unpaired) electrons. The van der Waals surface area contributed by atoms with Crippen LogP contribution in [0.4, 0.5) is 4.39 Å². The van der Waals surface area contributed by atoms with Gasteiger partial charge in [-0.3, -0.25) is 0 Å². The molecule has 2 aromatic rings. The van der Waals surface area contributed by atoms with Gasteiger partial charge < -0.3 is 10.1 Å². The molecule has 110 valence electrons. The lowest BCUT2D eigenvalue weighted by molar-refractivity contribution is 0.473. The molecule has 2 nitrogen and oxygen atoms in total. The van der Waals surface area contributed by atoms with E-state index < -0.39 is 5.82 Å². The maximum absolute atomic E-state index is 13.4. The van der Waals surface area contributed by atoms with Gasteiger partial charge >= 0.3 is 0 Å². The Hall–Kier alpha value is -1.58. The van der Waals surface area contributed by atoms with E-state index in [1.165, 1.54) is 30.5 Å². The first kappa shape index (κ1) is 14.4. The second kappa shape index (κ2) is 6.04. The molecular weight excluding hydrogens is 289 g/mol. The summed E-state index contributed by atoms with van der Waals surface area (Å²) in [6.45, 7) is 2.86. The van der Waals surface area contributed by atoms with Crippen LogP contribution < -0.4 is 10.1 Å². The molecule has 0 heterocycles. The summed E-state index contributed by atoms with van der Waals surface area (Å²) in [4.78, 5) is 0. The fourth-order valence-corrected chi connectivity index (χ4v) is 2.27. The van der Waals surface area contributed by atoms with Crippen molar-refractivity contribution < 1.29 is 9.13 Å². The van der Waals surface area contributed by atoms with Crippen LogP contribution in [-0.2, 0) is 6.54 Å². The van der Waals surface area contributed by atoms with E-state index in [0.717, 1.165) is 17.9 Å². The Morgan fingerprint density at radius 1 is 1.24 bits per heavy atom. The molecule has 1 aliphatic rings. The maximum atomic E-state index is 13.4. The lowest BCUT2D eigenvalue weighted by atomic mass is 10.1. The molecule has 0 bridgehead atoms. The van der Waals surface area contributed by atoms with Crippen molar-refractivity contribution in [3.63, 3.8) is 0 Å². The third-order valence-corrected chi connectivity index (χ3v) is 3.84. The Kier molecular flexibility index (Phi) is 4.13. The van der Waals surface area contributed by atoms with Crippen LogP contribution in [0.2, 0.25) is 5.02 Å². The molecule has 0 unspecified atom stereocenters. The minimum absolute atomic E-state index is 0.0978. The maximum Gasteiger partial charge on any atom is 0.145 e. The first-order valence-electron chi connectivity index (χ1n) is 7.07. The van der Waals surface area contributed by atoms with Gasteiger partial charge in [-0.25, -0.2) is 4.39 Å². The van der Waals surface area contributed by atoms with Gasteiger partial charge in [0.05, 0.1) is 5.02 Å². The zero-order valence-corrected chi connectivity index (χ0v) is 12.6. The van der Waals surface area contributed by atoms with Gasteiger partial charge in [0, 0.05) is 18.7 Å². The number of benzene rings is 2. The van der Waals surface area contributed by atoms with E-state index >= 15 is 0 Å². The van der Waals surface area contributed by atoms with Crippen LogP contribution in [0.3, 0.4) is 0 Å². The fourth-order valence-electron chi connectivity index (χ4n) is 2.15. The third-order valence-electron chi connectivity index (χ3n) is 3.53. The Labute approximate surface area is 128 Å². The lowest BCUT2D eigenvalue weighted by Crippen LogP contribution is -2.15. The van der Waals surface area contributed by atoms with Crippen LogP contribution in [0.5, 0.6) is 11.5 Å². The number of hydrogen-bond acceptors (Lipinski definition) is 2. The Morgan fingerprint density at radius 3 is 2.71 bits per heavy atom. The van der Waals surface area contributed by atoms with Crippen molar-refractivity contribution in [1.29, 1.82) is 0 Å². The Bertz CT molecular complexity index is 655. The van der Waals surface area contributed by atoms with Gasteiger partial charge in [0.25, 0.3) is 0 Å². The van der Waals surface area contributed by atoms with Gasteiger partial charge in [-0.05, 0) is 49.1 Å². The number of ether oxygens (including phenoxy) is 1. The highest BCUT2D eigenvalue weighted by Gasteiger charge is 2.19. The van der Waals surface area contributed by atoms with Gasteiger partial charge in [-0.15, -0.1) is 0 Å². The minimum atomic E-state index is -0.475. The summed E-state index contributed by atoms with van der Waals surface area (Å²) in [5.74, 6) is 0.702. The van der Waals surface area contributed by atoms with Gasteiger partial charge in [-0.2, -0.15) is 0 Å². The predicted molar refractivity (Wildman–Crippen MR) is 82.5 cm³/mol. The first-order valence-corrected chi connectivity index (χ1v) is 7.45. The van der Waals surface area contributed by atoms with Crippen LogP contribution >= 0.6 is 11.6 Å². The van der Waals surface area contributed by atoms with E-state index in [1.807, 2.05) is 19.1 Å². The summed E-state index contributed by atoms with van der Waals surface area (Å²) in [5, 5.41) is 3.58. The summed E-state index contributed by atoms with van der Waals surface area (Å²) in [5.41, 5.74) is 2.26. The molecule has 0 spiro atoms. The van der Waals surface area contributed by atoms with Crippen molar-refractivity contribution in [3.8, 4) is 11.5 Å². The van der Waals surface area contributed by atoms with E-state index in [-0.39, 0.29) is 5.02 Å². The second-order valence-electron chi connectivity index (χ2n) is 5.43. The molecular formula is C17H17ClFNO. The van der Waals surface area contributed by atoms with Crippen LogP contribution in [0.15, 0.2) is 36.4 Å². The molecule has 0 saturated heterocycles. The summed E-state index contributed by atoms with van der Waals surface area (Å²) in [6, 6.07) is 11.2. The van der Waals surface area contributed by atoms with Crippen molar-refractivity contribution in [2.45, 2.75) is 32.4 Å². The van der Waals surface area contributed by atoms with E-state index in [4.69, 9.17) is 16.3 Å². The molecule has 0 aliphatic heterocycles. The highest BCUT2D eigenvalue weighted by Crippen LogP contribution is 2.28. The van der Waals surface area contributed by atoms with Crippen molar-refractivity contribution in [1.82, 2.24) is 5.32 Å². The monoisotopic (exact) mass is 305 g/mol. The van der Waals surface area contributed by atoms with E-state index in [1.54, 1.807) is 6.07 Å². The van der Waals surface area contributed by atoms with E-state index in [9.17, 15) is 4.39 Å². The van der Waals surface area contributed by atoms with Crippen LogP contribution in [0, 0.1) is 12.7 Å². The molecule has 1 aliphatic carbocycles. The smallest absolute Gasteiger partial charge is 0.145 e. The number of aryl methyl sites for hydroxylation is 1. The molecule has 0 aromatic heterocycles. The molecule has 3 rings (SSSR count). The Balaban J connectivity index is 1.70. The van der Waals surface area contributed by atoms with Gasteiger partial charge in [0.15, 0.2) is 0 Å². The zero-order valence-electron chi connectivity index (χ0n) is 11.8. The quantitative estimate of drug-likeness (QED) is 0.854. The average molecular weight is 306 g/mol. The first-order chi connectivity index (χ1) is 10.1. The van der Waals surface area contributed by atoms with Crippen molar-refractivity contribution in [3.05, 3.63) is 58.4 Å². The molecule has 4 heteroatoms. The molecule has 1 N–H and O–H groups in total. The number of rotatable bonds is 5. The largest absolute Gasteiger partial charge is 0.457 e. The fraction of sp³-hybridized carbons (Fsp3) is 0.294. The lowest BCUT2D eigenvalue weighted by Gasteiger charge is -2.11. The third kappa shape index (κ3) is 3.74. The van der Waals surface area contributed by atoms with E-state index in [2.05, 4.69) is 11.4 Å². The van der Waals surface area contributed by atoms with Crippen LogP contribution in [0.1, 0.15) is 24.0 Å². The van der Waals surface area contributed by atoms with Gasteiger partial charge in [0.1, 0.15) is 17.3 Å². The topological polar surface area (TPSA) is 21.3 Å². The van der Waals surface area contributed by atoms with Crippen LogP contribution in [-0.4, -0.2) is 6.04 Å². The van der Waals surface area contributed by atoms with Crippen LogP contribution in [0.25, 0.3) is 0 Å². The average Bonchev–Trinajstić information content (AvgIpc) is 3.27. The number of nitrogens with one attached hydrogen (secondary N) is 1. The van der Waals surface area contributed by atoms with E-state index in [0.29, 0.717) is 11.8 Å². The van der Waals surface area contributed by atoms with Crippen molar-refractivity contribution >= 4 is 11.6 Å². The molecule has 2 aromatic carbocycles. The van der Waals surface area contributed by atoms with Crippen molar-refractivity contribution in [2.24, 2.45) is 0 Å². The molecule has 0 amide bonds. The van der Waals surface area contributed by atoms with Gasteiger partial charge in [-0.1, -0.05) is 23.7 Å². The predicted octanol–water partition coefficient (Wildman–Crippen LogP) is 4.83. The molecule has 21 heavy (non-hydrogen) atoms. The summed E-state index contributed by atoms with van der Waals surface area (Å²) >= 11 is 5.66. The number of hydrogen-bond donors (Lipinski definition) is 1. The normalized spacial score (nSPS) is 14.2. The minimum Gasteiger partial charge on any atom is -0.457 e. The highest BCUT2D eigenvalue weighted by molar-refractivity contribution is 6.30.